The lowest BCUT2D eigenvalue weighted by Crippen LogP contribution is -2.41. The van der Waals surface area contributed by atoms with Gasteiger partial charge in [0, 0.05) is 24.1 Å². The Morgan fingerprint density at radius 3 is 2.81 bits per heavy atom. The fourth-order valence-electron chi connectivity index (χ4n) is 2.61. The first-order valence-corrected chi connectivity index (χ1v) is 7.06. The number of pyridine rings is 1. The molecule has 0 aliphatic carbocycles. The summed E-state index contributed by atoms with van der Waals surface area (Å²) in [5.74, 6) is -0.449. The van der Waals surface area contributed by atoms with E-state index in [1.165, 1.54) is 0 Å². The summed E-state index contributed by atoms with van der Waals surface area (Å²) < 4.78 is 0. The van der Waals surface area contributed by atoms with Crippen molar-refractivity contribution >= 4 is 11.8 Å². The van der Waals surface area contributed by atoms with Crippen LogP contribution in [0.15, 0.2) is 48.7 Å². The van der Waals surface area contributed by atoms with Gasteiger partial charge in [-0.2, -0.15) is 0 Å². The lowest BCUT2D eigenvalue weighted by Gasteiger charge is -2.20. The van der Waals surface area contributed by atoms with E-state index in [1.807, 2.05) is 36.4 Å². The van der Waals surface area contributed by atoms with Crippen LogP contribution >= 0.6 is 0 Å². The van der Waals surface area contributed by atoms with Crippen LogP contribution in [0.2, 0.25) is 0 Å². The second-order valence-electron chi connectivity index (χ2n) is 5.27. The second kappa shape index (κ2) is 5.87. The van der Waals surface area contributed by atoms with E-state index >= 15 is 0 Å². The highest BCUT2D eigenvalue weighted by molar-refractivity contribution is 5.98. The van der Waals surface area contributed by atoms with E-state index in [1.54, 1.807) is 6.20 Å². The first-order chi connectivity index (χ1) is 10.2. The van der Waals surface area contributed by atoms with Crippen LogP contribution in [0.4, 0.5) is 0 Å². The number of rotatable bonds is 3. The number of piperidine rings is 1. The maximum atomic E-state index is 11.8. The smallest absolute Gasteiger partial charge is 0.230 e. The van der Waals surface area contributed by atoms with E-state index in [2.05, 4.69) is 16.4 Å². The molecule has 0 spiro atoms. The van der Waals surface area contributed by atoms with Crippen LogP contribution < -0.4 is 5.32 Å². The monoisotopic (exact) mass is 280 g/mol. The standard InChI is InChI=1S/C17H16N2O2/c20-16-8-7-14(17(21)19-16)11-12-4-3-5-13(10-12)15-6-1-2-9-18-15/h1-6,9-10,14H,7-8,11H2,(H,19,20,21). The van der Waals surface area contributed by atoms with E-state index in [9.17, 15) is 9.59 Å². The van der Waals surface area contributed by atoms with Gasteiger partial charge in [0.05, 0.1) is 5.69 Å². The zero-order chi connectivity index (χ0) is 14.7. The molecule has 106 valence electrons. The van der Waals surface area contributed by atoms with Crippen LogP contribution in [0.3, 0.4) is 0 Å². The fourth-order valence-corrected chi connectivity index (χ4v) is 2.61. The molecular formula is C17H16N2O2. The number of benzene rings is 1. The van der Waals surface area contributed by atoms with Gasteiger partial charge < -0.3 is 0 Å². The average molecular weight is 280 g/mol. The molecule has 2 aromatic rings. The Kier molecular flexibility index (Phi) is 3.77. The third-order valence-corrected chi connectivity index (χ3v) is 3.72. The number of imide groups is 1. The molecule has 1 fully saturated rings. The number of hydrogen-bond acceptors (Lipinski definition) is 3. The second-order valence-corrected chi connectivity index (χ2v) is 5.27. The summed E-state index contributed by atoms with van der Waals surface area (Å²) in [6.07, 6.45) is 3.47. The molecule has 0 radical (unpaired) electrons. The van der Waals surface area contributed by atoms with Crippen molar-refractivity contribution in [3.05, 3.63) is 54.2 Å². The molecule has 1 saturated heterocycles. The number of carbonyl (C=O) groups excluding carboxylic acids is 2. The summed E-state index contributed by atoms with van der Waals surface area (Å²) in [5, 5.41) is 2.41. The van der Waals surface area contributed by atoms with Crippen molar-refractivity contribution in [3.8, 4) is 11.3 Å². The lowest BCUT2D eigenvalue weighted by atomic mass is 9.90. The molecule has 1 unspecified atom stereocenters. The first kappa shape index (κ1) is 13.5. The molecule has 1 aromatic heterocycles. The number of nitrogens with one attached hydrogen (secondary N) is 1. The Hall–Kier alpha value is -2.49. The zero-order valence-corrected chi connectivity index (χ0v) is 11.6. The minimum absolute atomic E-state index is 0.123. The zero-order valence-electron chi connectivity index (χ0n) is 11.6. The van der Waals surface area contributed by atoms with Crippen LogP contribution in [0.5, 0.6) is 0 Å². The summed E-state index contributed by atoms with van der Waals surface area (Å²) in [7, 11) is 0. The van der Waals surface area contributed by atoms with Crippen molar-refractivity contribution in [2.45, 2.75) is 19.3 Å². The Balaban J connectivity index is 1.78. The summed E-state index contributed by atoms with van der Waals surface area (Å²) >= 11 is 0. The number of aromatic nitrogens is 1. The predicted molar refractivity (Wildman–Crippen MR) is 79.3 cm³/mol. The topological polar surface area (TPSA) is 59.1 Å². The van der Waals surface area contributed by atoms with Gasteiger partial charge in [-0.25, -0.2) is 0 Å². The molecule has 1 aliphatic heterocycles. The minimum atomic E-state index is -0.168. The average Bonchev–Trinajstić information content (AvgIpc) is 2.51. The van der Waals surface area contributed by atoms with Crippen molar-refractivity contribution in [1.29, 1.82) is 0 Å². The maximum absolute atomic E-state index is 11.8. The van der Waals surface area contributed by atoms with Crippen LogP contribution in [0, 0.1) is 5.92 Å². The molecule has 2 amide bonds. The summed E-state index contributed by atoms with van der Waals surface area (Å²) in [5.41, 5.74) is 3.05. The SMILES string of the molecule is O=C1CCC(Cc2cccc(-c3ccccn3)c2)C(=O)N1. The van der Waals surface area contributed by atoms with E-state index in [0.29, 0.717) is 19.3 Å². The van der Waals surface area contributed by atoms with E-state index in [0.717, 1.165) is 16.8 Å². The van der Waals surface area contributed by atoms with Crippen LogP contribution in [-0.4, -0.2) is 16.8 Å². The van der Waals surface area contributed by atoms with Gasteiger partial charge >= 0.3 is 0 Å². The van der Waals surface area contributed by atoms with Gasteiger partial charge in [0.15, 0.2) is 0 Å². The molecule has 2 heterocycles. The third-order valence-electron chi connectivity index (χ3n) is 3.72. The van der Waals surface area contributed by atoms with Crippen LogP contribution in [0.1, 0.15) is 18.4 Å². The van der Waals surface area contributed by atoms with Gasteiger partial charge in [-0.05, 0) is 36.6 Å². The van der Waals surface area contributed by atoms with Crippen molar-refractivity contribution in [1.82, 2.24) is 10.3 Å². The van der Waals surface area contributed by atoms with Crippen LogP contribution in [-0.2, 0) is 16.0 Å². The third kappa shape index (κ3) is 3.16. The van der Waals surface area contributed by atoms with Crippen molar-refractivity contribution in [2.24, 2.45) is 5.92 Å². The summed E-state index contributed by atoms with van der Waals surface area (Å²) in [6.45, 7) is 0. The lowest BCUT2D eigenvalue weighted by molar-refractivity contribution is -0.136. The molecule has 1 atom stereocenters. The van der Waals surface area contributed by atoms with Crippen molar-refractivity contribution in [3.63, 3.8) is 0 Å². The number of nitrogens with zero attached hydrogens (tertiary/aromatic N) is 1. The molecule has 1 aliphatic rings. The normalized spacial score (nSPS) is 18.4. The molecule has 3 rings (SSSR count). The number of hydrogen-bond donors (Lipinski definition) is 1. The predicted octanol–water partition coefficient (Wildman–Crippen LogP) is 2.34. The Labute approximate surface area is 123 Å². The molecule has 1 aromatic carbocycles. The Morgan fingerprint density at radius 1 is 1.14 bits per heavy atom. The molecule has 4 nitrogen and oxygen atoms in total. The van der Waals surface area contributed by atoms with Crippen molar-refractivity contribution < 1.29 is 9.59 Å². The molecular weight excluding hydrogens is 264 g/mol. The highest BCUT2D eigenvalue weighted by Gasteiger charge is 2.26. The van der Waals surface area contributed by atoms with Gasteiger partial charge in [0.1, 0.15) is 0 Å². The van der Waals surface area contributed by atoms with E-state index in [4.69, 9.17) is 0 Å². The fraction of sp³-hybridized carbons (Fsp3) is 0.235. The van der Waals surface area contributed by atoms with Gasteiger partial charge in [-0.3, -0.25) is 19.9 Å². The molecule has 1 N–H and O–H groups in total. The van der Waals surface area contributed by atoms with Gasteiger partial charge in [-0.15, -0.1) is 0 Å². The van der Waals surface area contributed by atoms with Gasteiger partial charge in [0.2, 0.25) is 11.8 Å². The van der Waals surface area contributed by atoms with E-state index in [-0.39, 0.29) is 17.7 Å². The highest BCUT2D eigenvalue weighted by atomic mass is 16.2. The number of amides is 2. The largest absolute Gasteiger partial charge is 0.296 e. The maximum Gasteiger partial charge on any atom is 0.230 e. The summed E-state index contributed by atoms with van der Waals surface area (Å²) in [4.78, 5) is 27.3. The van der Waals surface area contributed by atoms with E-state index < -0.39 is 0 Å². The molecule has 0 bridgehead atoms. The van der Waals surface area contributed by atoms with Gasteiger partial charge in [0.25, 0.3) is 0 Å². The minimum Gasteiger partial charge on any atom is -0.296 e. The van der Waals surface area contributed by atoms with Gasteiger partial charge in [-0.1, -0.05) is 24.3 Å². The van der Waals surface area contributed by atoms with Crippen LogP contribution in [0.25, 0.3) is 11.3 Å². The molecule has 0 saturated carbocycles. The highest BCUT2D eigenvalue weighted by Crippen LogP contribution is 2.22. The Morgan fingerprint density at radius 2 is 2.05 bits per heavy atom. The first-order valence-electron chi connectivity index (χ1n) is 7.06. The quantitative estimate of drug-likeness (QED) is 0.878. The molecule has 21 heavy (non-hydrogen) atoms. The Bertz CT molecular complexity index is 668. The molecule has 4 heteroatoms. The number of carbonyl (C=O) groups is 2. The van der Waals surface area contributed by atoms with Crippen molar-refractivity contribution in [2.75, 3.05) is 0 Å². The summed E-state index contributed by atoms with van der Waals surface area (Å²) in [6, 6.07) is 13.9.